The topological polar surface area (TPSA) is 41.5 Å². The van der Waals surface area contributed by atoms with Gasteiger partial charge >= 0.3 is 0 Å². The number of benzene rings is 1. The number of Topliss-reactive ketones (excluding diaryl/α,β-unsaturated/α-hetero) is 1. The van der Waals surface area contributed by atoms with Gasteiger partial charge in [-0.15, -0.1) is 0 Å². The number of nitrogens with one attached hydrogen (secondary N) is 1. The Balaban J connectivity index is 1.83. The first-order valence-electron chi connectivity index (χ1n) is 5.75. The molecule has 4 aliphatic rings. The van der Waals surface area contributed by atoms with Crippen molar-refractivity contribution in [2.75, 3.05) is 13.1 Å². The maximum atomic E-state index is 11.6. The molecule has 2 heterocycles. The summed E-state index contributed by atoms with van der Waals surface area (Å²) in [6.45, 7) is 2.20. The Morgan fingerprint density at radius 2 is 1.94 bits per heavy atom. The summed E-state index contributed by atoms with van der Waals surface area (Å²) >= 11 is 0. The maximum absolute atomic E-state index is 11.6. The number of piperidine rings is 1. The normalized spacial score (nSPS) is 39.9. The van der Waals surface area contributed by atoms with Crippen LogP contribution in [0.5, 0.6) is 0 Å². The van der Waals surface area contributed by atoms with Crippen molar-refractivity contribution >= 4 is 17.7 Å². The highest BCUT2D eigenvalue weighted by Gasteiger charge is 2.79. The SMILES string of the molecule is O=C1C=Nc2cc3c(cc21)C12CNCC31C2. The molecule has 1 saturated heterocycles. The number of hydrogen-bond donors (Lipinski definition) is 1. The number of carbonyl (C=O) groups is 1. The van der Waals surface area contributed by atoms with E-state index in [4.69, 9.17) is 0 Å². The van der Waals surface area contributed by atoms with Crippen molar-refractivity contribution in [2.45, 2.75) is 17.3 Å². The van der Waals surface area contributed by atoms with Crippen LogP contribution in [0.4, 0.5) is 5.69 Å². The average Bonchev–Trinajstić information content (AvgIpc) is 2.59. The number of fused-ring (bicyclic) bond motifs is 2. The van der Waals surface area contributed by atoms with Crippen LogP contribution in [0.25, 0.3) is 0 Å². The molecular formula is C13H10N2O. The van der Waals surface area contributed by atoms with Crippen LogP contribution in [0.1, 0.15) is 27.9 Å². The van der Waals surface area contributed by atoms with Gasteiger partial charge in [-0.1, -0.05) is 0 Å². The van der Waals surface area contributed by atoms with Crippen LogP contribution in [0, 0.1) is 0 Å². The summed E-state index contributed by atoms with van der Waals surface area (Å²) in [5, 5.41) is 3.48. The minimum absolute atomic E-state index is 0.0679. The predicted molar refractivity (Wildman–Crippen MR) is 59.8 cm³/mol. The lowest BCUT2D eigenvalue weighted by molar-refractivity contribution is 0.107. The molecular weight excluding hydrogens is 200 g/mol. The van der Waals surface area contributed by atoms with Gasteiger partial charge in [0.15, 0.2) is 0 Å². The summed E-state index contributed by atoms with van der Waals surface area (Å²) in [6.07, 6.45) is 2.72. The van der Waals surface area contributed by atoms with Gasteiger partial charge in [-0.25, -0.2) is 0 Å². The second-order valence-electron chi connectivity index (χ2n) is 5.48. The van der Waals surface area contributed by atoms with Gasteiger partial charge in [0.1, 0.15) is 0 Å². The van der Waals surface area contributed by atoms with Gasteiger partial charge < -0.3 is 5.32 Å². The summed E-state index contributed by atoms with van der Waals surface area (Å²) in [6, 6.07) is 4.24. The molecule has 3 nitrogen and oxygen atoms in total. The Bertz CT molecular complexity index is 619. The third-order valence-electron chi connectivity index (χ3n) is 5.00. The molecule has 0 spiro atoms. The van der Waals surface area contributed by atoms with Crippen LogP contribution in [0.3, 0.4) is 0 Å². The number of carbonyl (C=O) groups excluding carboxylic acids is 1. The summed E-state index contributed by atoms with van der Waals surface area (Å²) in [4.78, 5) is 15.8. The highest BCUT2D eigenvalue weighted by atomic mass is 16.1. The molecule has 1 aromatic carbocycles. The maximum Gasteiger partial charge on any atom is 0.206 e. The lowest BCUT2D eigenvalue weighted by Gasteiger charge is -2.33. The van der Waals surface area contributed by atoms with E-state index in [2.05, 4.69) is 22.4 Å². The van der Waals surface area contributed by atoms with Crippen LogP contribution >= 0.6 is 0 Å². The molecule has 2 unspecified atom stereocenters. The quantitative estimate of drug-likeness (QED) is 0.696. The van der Waals surface area contributed by atoms with E-state index in [1.807, 2.05) is 0 Å². The largest absolute Gasteiger partial charge is 0.315 e. The van der Waals surface area contributed by atoms with Gasteiger partial charge in [0.2, 0.25) is 5.78 Å². The highest BCUT2D eigenvalue weighted by Crippen LogP contribution is 2.77. The van der Waals surface area contributed by atoms with Gasteiger partial charge in [0.25, 0.3) is 0 Å². The first-order chi connectivity index (χ1) is 7.77. The molecule has 16 heavy (non-hydrogen) atoms. The number of aliphatic imine (C=N–C) groups is 1. The van der Waals surface area contributed by atoms with E-state index >= 15 is 0 Å². The molecule has 2 fully saturated rings. The minimum atomic E-state index is 0.0679. The van der Waals surface area contributed by atoms with Crippen LogP contribution < -0.4 is 5.32 Å². The van der Waals surface area contributed by atoms with E-state index in [1.165, 1.54) is 23.8 Å². The van der Waals surface area contributed by atoms with Crippen molar-refractivity contribution in [3.05, 3.63) is 28.8 Å². The molecule has 0 radical (unpaired) electrons. The summed E-state index contributed by atoms with van der Waals surface area (Å²) < 4.78 is 0. The Morgan fingerprint density at radius 1 is 1.19 bits per heavy atom. The molecule has 78 valence electrons. The summed E-state index contributed by atoms with van der Waals surface area (Å²) in [5.74, 6) is 0.0679. The Hall–Kier alpha value is -1.48. The van der Waals surface area contributed by atoms with E-state index in [-0.39, 0.29) is 5.78 Å². The number of ketones is 1. The van der Waals surface area contributed by atoms with Gasteiger partial charge in [-0.3, -0.25) is 9.79 Å². The Labute approximate surface area is 92.6 Å². The van der Waals surface area contributed by atoms with Crippen LogP contribution in [-0.4, -0.2) is 25.1 Å². The molecule has 1 saturated carbocycles. The molecule has 0 aromatic heterocycles. The van der Waals surface area contributed by atoms with Crippen LogP contribution in [0.2, 0.25) is 0 Å². The van der Waals surface area contributed by atoms with Crippen molar-refractivity contribution in [1.82, 2.24) is 5.32 Å². The van der Waals surface area contributed by atoms with Gasteiger partial charge in [0.05, 0.1) is 11.9 Å². The molecule has 5 rings (SSSR count). The summed E-state index contributed by atoms with van der Waals surface area (Å²) in [7, 11) is 0. The monoisotopic (exact) mass is 210 g/mol. The first kappa shape index (κ1) is 7.74. The van der Waals surface area contributed by atoms with Gasteiger partial charge in [-0.2, -0.15) is 0 Å². The zero-order valence-electron chi connectivity index (χ0n) is 8.71. The van der Waals surface area contributed by atoms with Crippen molar-refractivity contribution in [3.63, 3.8) is 0 Å². The fraction of sp³-hybridized carbons (Fsp3) is 0.385. The average molecular weight is 210 g/mol. The Kier molecular flexibility index (Phi) is 0.912. The molecule has 0 bridgehead atoms. The highest BCUT2D eigenvalue weighted by molar-refractivity contribution is 6.40. The molecule has 1 N–H and O–H groups in total. The van der Waals surface area contributed by atoms with Crippen molar-refractivity contribution in [2.24, 2.45) is 4.99 Å². The lowest BCUT2D eigenvalue weighted by atomic mass is 9.69. The molecule has 3 heteroatoms. The van der Waals surface area contributed by atoms with E-state index in [0.717, 1.165) is 24.3 Å². The third kappa shape index (κ3) is 0.520. The van der Waals surface area contributed by atoms with Crippen molar-refractivity contribution < 1.29 is 4.79 Å². The lowest BCUT2D eigenvalue weighted by Crippen LogP contribution is -2.33. The zero-order chi connectivity index (χ0) is 10.5. The number of rotatable bonds is 0. The van der Waals surface area contributed by atoms with E-state index in [1.54, 1.807) is 0 Å². The van der Waals surface area contributed by atoms with Gasteiger partial charge in [0, 0.05) is 29.5 Å². The minimum Gasteiger partial charge on any atom is -0.315 e. The third-order valence-corrected chi connectivity index (χ3v) is 5.00. The molecule has 0 amide bonds. The fourth-order valence-corrected chi connectivity index (χ4v) is 4.14. The van der Waals surface area contributed by atoms with Crippen molar-refractivity contribution in [1.29, 1.82) is 0 Å². The van der Waals surface area contributed by atoms with Gasteiger partial charge in [-0.05, 0) is 29.7 Å². The van der Waals surface area contributed by atoms with E-state index in [9.17, 15) is 4.79 Å². The van der Waals surface area contributed by atoms with Crippen LogP contribution in [0.15, 0.2) is 17.1 Å². The van der Waals surface area contributed by atoms with Crippen molar-refractivity contribution in [3.8, 4) is 0 Å². The molecule has 2 aliphatic carbocycles. The smallest absolute Gasteiger partial charge is 0.206 e. The number of nitrogens with zero attached hydrogens (tertiary/aromatic N) is 1. The fourth-order valence-electron chi connectivity index (χ4n) is 4.14. The van der Waals surface area contributed by atoms with E-state index < -0.39 is 0 Å². The standard InChI is InChI=1S/C13H10N2O/c16-11-3-15-10-2-9-8(1-7(10)11)12-4-13(9,12)6-14-5-12/h1-3,14H,4-6H2. The second-order valence-corrected chi connectivity index (χ2v) is 5.48. The molecule has 2 atom stereocenters. The summed E-state index contributed by atoms with van der Waals surface area (Å²) in [5.41, 5.74) is 5.35. The first-order valence-corrected chi connectivity index (χ1v) is 5.75. The van der Waals surface area contributed by atoms with Crippen LogP contribution in [-0.2, 0) is 10.8 Å². The molecule has 2 aliphatic heterocycles. The second kappa shape index (κ2) is 1.89. The molecule has 1 aromatic rings. The number of hydrogen-bond acceptors (Lipinski definition) is 3. The zero-order valence-corrected chi connectivity index (χ0v) is 8.71. The van der Waals surface area contributed by atoms with E-state index in [0.29, 0.717) is 10.8 Å². The predicted octanol–water partition coefficient (Wildman–Crippen LogP) is 1.08. The Morgan fingerprint density at radius 3 is 2.75 bits per heavy atom.